The Kier molecular flexibility index (Phi) is 3.68. The summed E-state index contributed by atoms with van der Waals surface area (Å²) in [5.74, 6) is -1.78. The number of benzene rings is 2. The maximum atomic E-state index is 12.1. The van der Waals surface area contributed by atoms with Crippen LogP contribution in [0.4, 0.5) is 4.79 Å². The van der Waals surface area contributed by atoms with Crippen molar-refractivity contribution in [3.8, 4) is 0 Å². The van der Waals surface area contributed by atoms with E-state index in [2.05, 4.69) is 0 Å². The zero-order valence-corrected chi connectivity index (χ0v) is 12.2. The molecule has 2 aromatic carbocycles. The lowest BCUT2D eigenvalue weighted by atomic mass is 10.1. The summed E-state index contributed by atoms with van der Waals surface area (Å²) in [7, 11) is 0. The molecule has 0 radical (unpaired) electrons. The summed E-state index contributed by atoms with van der Waals surface area (Å²) in [5.41, 5.74) is 0.791. The molecule has 1 N–H and O–H groups in total. The van der Waals surface area contributed by atoms with Gasteiger partial charge < -0.3 is 5.11 Å². The van der Waals surface area contributed by atoms with Crippen LogP contribution in [0.5, 0.6) is 0 Å². The first-order chi connectivity index (χ1) is 10.5. The van der Waals surface area contributed by atoms with Crippen LogP contribution in [0.3, 0.4) is 0 Å². The van der Waals surface area contributed by atoms with Crippen LogP contribution in [0, 0.1) is 0 Å². The number of hydrogen-bond acceptors (Lipinski definition) is 4. The molecule has 3 rings (SSSR count). The van der Waals surface area contributed by atoms with Crippen molar-refractivity contribution in [3.63, 3.8) is 0 Å². The van der Waals surface area contributed by atoms with E-state index in [-0.39, 0.29) is 4.91 Å². The van der Waals surface area contributed by atoms with Gasteiger partial charge in [0.15, 0.2) is 0 Å². The standard InChI is InChI=1S/C16H11NO4S/c18-14(19)9-17-15(20)13(22-16(17)21)8-10-5-6-11-3-1-2-4-12(11)7-10/h1-8H,9H2,(H,18,19). The number of carbonyl (C=O) groups is 3. The molecule has 1 aliphatic heterocycles. The van der Waals surface area contributed by atoms with Crippen LogP contribution in [-0.4, -0.2) is 33.7 Å². The first kappa shape index (κ1) is 14.3. The van der Waals surface area contributed by atoms with Crippen molar-refractivity contribution in [1.82, 2.24) is 4.90 Å². The minimum atomic E-state index is -1.21. The zero-order chi connectivity index (χ0) is 15.7. The lowest BCUT2D eigenvalue weighted by Gasteiger charge is -2.07. The number of nitrogens with zero attached hydrogens (tertiary/aromatic N) is 1. The molecule has 5 nitrogen and oxygen atoms in total. The molecule has 2 amide bonds. The van der Waals surface area contributed by atoms with Crippen molar-refractivity contribution in [1.29, 1.82) is 0 Å². The number of aliphatic carboxylic acids is 1. The number of fused-ring (bicyclic) bond motifs is 1. The van der Waals surface area contributed by atoms with Crippen LogP contribution < -0.4 is 0 Å². The fraction of sp³-hybridized carbons (Fsp3) is 0.0625. The maximum absolute atomic E-state index is 12.1. The van der Waals surface area contributed by atoms with Gasteiger partial charge in [-0.05, 0) is 40.2 Å². The van der Waals surface area contributed by atoms with Gasteiger partial charge in [-0.25, -0.2) is 0 Å². The van der Waals surface area contributed by atoms with E-state index in [1.165, 1.54) is 0 Å². The van der Waals surface area contributed by atoms with E-state index >= 15 is 0 Å². The number of carboxylic acid groups (broad SMARTS) is 1. The average Bonchev–Trinajstić information content (AvgIpc) is 2.74. The highest BCUT2D eigenvalue weighted by Gasteiger charge is 2.36. The van der Waals surface area contributed by atoms with Gasteiger partial charge in [0, 0.05) is 0 Å². The molecule has 1 fully saturated rings. The van der Waals surface area contributed by atoms with E-state index in [0.717, 1.165) is 33.0 Å². The second kappa shape index (κ2) is 5.65. The summed E-state index contributed by atoms with van der Waals surface area (Å²) in [6.07, 6.45) is 1.61. The number of imide groups is 1. The van der Waals surface area contributed by atoms with Gasteiger partial charge in [0.25, 0.3) is 11.1 Å². The molecular weight excluding hydrogens is 302 g/mol. The summed E-state index contributed by atoms with van der Waals surface area (Å²) in [6, 6.07) is 13.5. The maximum Gasteiger partial charge on any atom is 0.323 e. The molecule has 0 atom stereocenters. The van der Waals surface area contributed by atoms with Crippen molar-refractivity contribution in [2.75, 3.05) is 6.54 Å². The van der Waals surface area contributed by atoms with E-state index in [9.17, 15) is 14.4 Å². The molecule has 0 aromatic heterocycles. The Morgan fingerprint density at radius 3 is 2.59 bits per heavy atom. The Morgan fingerprint density at radius 2 is 1.86 bits per heavy atom. The number of carbonyl (C=O) groups excluding carboxylic acids is 2. The van der Waals surface area contributed by atoms with Crippen LogP contribution >= 0.6 is 11.8 Å². The summed E-state index contributed by atoms with van der Waals surface area (Å²) in [6.45, 7) is -0.611. The van der Waals surface area contributed by atoms with Crippen LogP contribution in [0.1, 0.15) is 5.56 Å². The van der Waals surface area contributed by atoms with E-state index in [1.807, 2.05) is 42.5 Å². The van der Waals surface area contributed by atoms with Crippen molar-refractivity contribution < 1.29 is 19.5 Å². The molecule has 0 spiro atoms. The molecule has 1 aliphatic rings. The van der Waals surface area contributed by atoms with Gasteiger partial charge in [0.05, 0.1) is 4.91 Å². The second-order valence-electron chi connectivity index (χ2n) is 4.77. The molecule has 0 unspecified atom stereocenters. The van der Waals surface area contributed by atoms with Gasteiger partial charge in [0.2, 0.25) is 0 Å². The first-order valence-electron chi connectivity index (χ1n) is 6.50. The molecule has 1 heterocycles. The lowest BCUT2D eigenvalue weighted by Crippen LogP contribution is -2.33. The molecule has 110 valence electrons. The number of amides is 2. The van der Waals surface area contributed by atoms with E-state index < -0.39 is 23.7 Å². The summed E-state index contributed by atoms with van der Waals surface area (Å²) >= 11 is 0.759. The minimum Gasteiger partial charge on any atom is -0.480 e. The molecule has 22 heavy (non-hydrogen) atoms. The Balaban J connectivity index is 1.92. The van der Waals surface area contributed by atoms with E-state index in [4.69, 9.17) is 5.11 Å². The Bertz CT molecular complexity index is 828. The van der Waals surface area contributed by atoms with Crippen molar-refractivity contribution in [3.05, 3.63) is 52.9 Å². The van der Waals surface area contributed by atoms with Crippen LogP contribution in [0.2, 0.25) is 0 Å². The molecule has 0 saturated carbocycles. The number of carboxylic acids is 1. The molecule has 6 heteroatoms. The molecule has 0 bridgehead atoms. The van der Waals surface area contributed by atoms with Crippen LogP contribution in [-0.2, 0) is 9.59 Å². The topological polar surface area (TPSA) is 74.7 Å². The van der Waals surface area contributed by atoms with Gasteiger partial charge in [-0.2, -0.15) is 0 Å². The van der Waals surface area contributed by atoms with Crippen molar-refractivity contribution in [2.45, 2.75) is 0 Å². The van der Waals surface area contributed by atoms with E-state index in [0.29, 0.717) is 0 Å². The third kappa shape index (κ3) is 2.73. The van der Waals surface area contributed by atoms with Crippen LogP contribution in [0.25, 0.3) is 16.8 Å². The predicted molar refractivity (Wildman–Crippen MR) is 84.3 cm³/mol. The molecular formula is C16H11NO4S. The highest BCUT2D eigenvalue weighted by atomic mass is 32.2. The SMILES string of the molecule is O=C(O)CN1C(=O)SC(=Cc2ccc3ccccc3c2)C1=O. The number of hydrogen-bond donors (Lipinski definition) is 1. The van der Waals surface area contributed by atoms with Crippen molar-refractivity contribution >= 4 is 45.7 Å². The van der Waals surface area contributed by atoms with Gasteiger partial charge in [0.1, 0.15) is 6.54 Å². The van der Waals surface area contributed by atoms with Crippen LogP contribution in [0.15, 0.2) is 47.4 Å². The van der Waals surface area contributed by atoms with Gasteiger partial charge in [-0.1, -0.05) is 36.4 Å². The molecule has 2 aromatic rings. The molecule has 0 aliphatic carbocycles. The zero-order valence-electron chi connectivity index (χ0n) is 11.4. The highest BCUT2D eigenvalue weighted by molar-refractivity contribution is 8.18. The Hall–Kier alpha value is -2.60. The predicted octanol–water partition coefficient (Wildman–Crippen LogP) is 2.96. The Morgan fingerprint density at radius 1 is 1.14 bits per heavy atom. The fourth-order valence-electron chi connectivity index (χ4n) is 2.22. The van der Waals surface area contributed by atoms with E-state index in [1.54, 1.807) is 6.08 Å². The average molecular weight is 313 g/mol. The lowest BCUT2D eigenvalue weighted by molar-refractivity contribution is -0.140. The van der Waals surface area contributed by atoms with Gasteiger partial charge in [-0.15, -0.1) is 0 Å². The number of thioether (sulfide) groups is 1. The van der Waals surface area contributed by atoms with Gasteiger partial charge in [-0.3, -0.25) is 19.3 Å². The second-order valence-corrected chi connectivity index (χ2v) is 5.76. The first-order valence-corrected chi connectivity index (χ1v) is 7.32. The third-order valence-corrected chi connectivity index (χ3v) is 4.15. The molecule has 1 saturated heterocycles. The Labute approximate surface area is 130 Å². The smallest absolute Gasteiger partial charge is 0.323 e. The highest BCUT2D eigenvalue weighted by Crippen LogP contribution is 2.32. The minimum absolute atomic E-state index is 0.238. The monoisotopic (exact) mass is 313 g/mol. The third-order valence-electron chi connectivity index (χ3n) is 3.24. The van der Waals surface area contributed by atoms with Gasteiger partial charge >= 0.3 is 5.97 Å². The normalized spacial score (nSPS) is 16.7. The fourth-order valence-corrected chi connectivity index (χ4v) is 3.06. The number of rotatable bonds is 3. The summed E-state index contributed by atoms with van der Waals surface area (Å²) in [4.78, 5) is 35.4. The summed E-state index contributed by atoms with van der Waals surface area (Å²) < 4.78 is 0. The van der Waals surface area contributed by atoms with Crippen molar-refractivity contribution in [2.24, 2.45) is 0 Å². The summed E-state index contributed by atoms with van der Waals surface area (Å²) in [5, 5.41) is 10.3. The largest absolute Gasteiger partial charge is 0.480 e. The quantitative estimate of drug-likeness (QED) is 0.882.